The Bertz CT molecular complexity index is 546. The Morgan fingerprint density at radius 3 is 2.67 bits per heavy atom. The predicted octanol–water partition coefficient (Wildman–Crippen LogP) is 0.727. The lowest BCUT2D eigenvalue weighted by Crippen LogP contribution is -2.22. The second-order valence-electron chi connectivity index (χ2n) is 3.03. The highest BCUT2D eigenvalue weighted by Crippen LogP contribution is 2.19. The van der Waals surface area contributed by atoms with E-state index < -0.39 is 10.0 Å². The maximum absolute atomic E-state index is 11.0. The number of anilines is 1. The number of nitrogens with one attached hydrogen (secondary N) is 1. The molecule has 1 aromatic carbocycles. The molecule has 5 nitrogen and oxygen atoms in total. The van der Waals surface area contributed by atoms with Crippen LogP contribution in [-0.4, -0.2) is 13.5 Å². The lowest BCUT2D eigenvalue weighted by Gasteiger charge is -2.01. The van der Waals surface area contributed by atoms with Crippen molar-refractivity contribution in [1.82, 2.24) is 0 Å². The van der Waals surface area contributed by atoms with Crippen LogP contribution in [0.2, 0.25) is 0 Å². The largest absolute Gasteiger partial charge is 0.277 e. The summed E-state index contributed by atoms with van der Waals surface area (Å²) in [5.74, 6) is 0. The van der Waals surface area contributed by atoms with E-state index in [0.29, 0.717) is 0 Å². The van der Waals surface area contributed by atoms with Crippen molar-refractivity contribution in [3.8, 4) is 0 Å². The van der Waals surface area contributed by atoms with Gasteiger partial charge in [-0.2, -0.15) is 5.10 Å². The van der Waals surface area contributed by atoms with Gasteiger partial charge < -0.3 is 0 Å². The van der Waals surface area contributed by atoms with Crippen LogP contribution < -0.4 is 10.6 Å². The van der Waals surface area contributed by atoms with E-state index in [1.165, 1.54) is 6.08 Å². The Kier molecular flexibility index (Phi) is 2.29. The lowest BCUT2D eigenvalue weighted by atomic mass is 10.2. The van der Waals surface area contributed by atoms with Crippen molar-refractivity contribution in [2.75, 3.05) is 5.43 Å². The number of fused-ring (bicyclic) bond motifs is 1. The molecule has 0 aliphatic carbocycles. The van der Waals surface area contributed by atoms with E-state index in [1.807, 2.05) is 18.2 Å². The molecule has 0 bridgehead atoms. The summed E-state index contributed by atoms with van der Waals surface area (Å²) >= 11 is 0. The number of benzene rings is 1. The molecule has 15 heavy (non-hydrogen) atoms. The molecule has 3 N–H and O–H groups in total. The smallest absolute Gasteiger partial charge is 0.257 e. The Morgan fingerprint density at radius 1 is 1.20 bits per heavy atom. The monoisotopic (exact) mass is 223 g/mol. The average molecular weight is 223 g/mol. The van der Waals surface area contributed by atoms with Crippen LogP contribution in [0, 0.1) is 0 Å². The summed E-state index contributed by atoms with van der Waals surface area (Å²) in [5, 5.41) is 8.49. The van der Waals surface area contributed by atoms with E-state index in [9.17, 15) is 8.42 Å². The van der Waals surface area contributed by atoms with Crippen LogP contribution in [-0.2, 0) is 10.0 Å². The van der Waals surface area contributed by atoms with E-state index in [4.69, 9.17) is 5.14 Å². The maximum Gasteiger partial charge on any atom is 0.257 e. The molecule has 1 aromatic rings. The van der Waals surface area contributed by atoms with Gasteiger partial charge in [0.05, 0.1) is 5.69 Å². The van der Waals surface area contributed by atoms with E-state index in [-0.39, 0.29) is 5.04 Å². The third kappa shape index (κ3) is 2.05. The first kappa shape index (κ1) is 9.88. The molecule has 2 rings (SSSR count). The Morgan fingerprint density at radius 2 is 1.93 bits per heavy atom. The molecule has 0 aromatic heterocycles. The van der Waals surface area contributed by atoms with Crippen LogP contribution in [0.15, 0.2) is 35.4 Å². The molecule has 0 amide bonds. The number of hydrogen-bond acceptors (Lipinski definition) is 4. The molecule has 1 aliphatic heterocycles. The van der Waals surface area contributed by atoms with E-state index in [1.54, 1.807) is 12.1 Å². The number of sulfonamides is 1. The average Bonchev–Trinajstić information content (AvgIpc) is 2.38. The van der Waals surface area contributed by atoms with Crippen LogP contribution >= 0.6 is 0 Å². The number of para-hydroxylation sites is 1. The predicted molar refractivity (Wildman–Crippen MR) is 59.6 cm³/mol. The summed E-state index contributed by atoms with van der Waals surface area (Å²) in [6.07, 6.45) is 3.02. The second-order valence-corrected chi connectivity index (χ2v) is 4.54. The summed E-state index contributed by atoms with van der Waals surface area (Å²) in [6.45, 7) is 0. The zero-order valence-corrected chi connectivity index (χ0v) is 8.53. The Labute approximate surface area is 87.3 Å². The first-order chi connectivity index (χ1) is 7.07. The first-order valence-electron chi connectivity index (χ1n) is 4.21. The topological polar surface area (TPSA) is 84.6 Å². The highest BCUT2D eigenvalue weighted by Gasteiger charge is 2.13. The molecule has 1 aliphatic rings. The van der Waals surface area contributed by atoms with E-state index in [0.717, 1.165) is 11.3 Å². The summed E-state index contributed by atoms with van der Waals surface area (Å²) in [5.41, 5.74) is 4.25. The van der Waals surface area contributed by atoms with Crippen LogP contribution in [0.1, 0.15) is 5.56 Å². The quantitative estimate of drug-likeness (QED) is 0.679. The highest BCUT2D eigenvalue weighted by molar-refractivity contribution is 8.04. The minimum Gasteiger partial charge on any atom is -0.277 e. The SMILES string of the molecule is NS(=O)(=O)C1=NNc2ccccc2C=C1. The van der Waals surface area contributed by atoms with Gasteiger partial charge in [0.25, 0.3) is 10.0 Å². The molecule has 0 spiro atoms. The van der Waals surface area contributed by atoms with Gasteiger partial charge in [-0.3, -0.25) is 5.43 Å². The normalized spacial score (nSPS) is 14.9. The fourth-order valence-corrected chi connectivity index (χ4v) is 1.65. The van der Waals surface area contributed by atoms with Crippen LogP contribution in [0.3, 0.4) is 0 Å². The van der Waals surface area contributed by atoms with E-state index in [2.05, 4.69) is 10.5 Å². The van der Waals surface area contributed by atoms with Crippen LogP contribution in [0.4, 0.5) is 5.69 Å². The summed E-state index contributed by atoms with van der Waals surface area (Å²) in [7, 11) is -3.77. The molecule has 0 fully saturated rings. The van der Waals surface area contributed by atoms with Gasteiger partial charge in [-0.05, 0) is 23.8 Å². The van der Waals surface area contributed by atoms with E-state index >= 15 is 0 Å². The summed E-state index contributed by atoms with van der Waals surface area (Å²) in [4.78, 5) is 0. The van der Waals surface area contributed by atoms with Crippen LogP contribution in [0.5, 0.6) is 0 Å². The minimum absolute atomic E-state index is 0.182. The number of hydrazone groups is 1. The molecule has 78 valence electrons. The molecule has 0 saturated carbocycles. The van der Waals surface area contributed by atoms with Gasteiger partial charge in [0.15, 0.2) is 5.04 Å². The summed E-state index contributed by atoms with van der Waals surface area (Å²) in [6, 6.07) is 7.33. The number of primary sulfonamides is 1. The van der Waals surface area contributed by atoms with Crippen molar-refractivity contribution in [2.45, 2.75) is 0 Å². The zero-order valence-electron chi connectivity index (χ0n) is 7.71. The molecule has 0 radical (unpaired) electrons. The van der Waals surface area contributed by atoms with Crippen molar-refractivity contribution in [3.05, 3.63) is 35.9 Å². The summed E-state index contributed by atoms with van der Waals surface area (Å²) < 4.78 is 22.1. The van der Waals surface area contributed by atoms with Crippen molar-refractivity contribution < 1.29 is 8.42 Å². The van der Waals surface area contributed by atoms with Gasteiger partial charge >= 0.3 is 0 Å². The molecule has 0 unspecified atom stereocenters. The molecular formula is C9H9N3O2S. The Hall–Kier alpha value is -1.66. The number of rotatable bonds is 0. The van der Waals surface area contributed by atoms with Gasteiger partial charge in [-0.1, -0.05) is 18.2 Å². The molecule has 0 saturated heterocycles. The van der Waals surface area contributed by atoms with Crippen molar-refractivity contribution in [2.24, 2.45) is 10.2 Å². The van der Waals surface area contributed by atoms with Gasteiger partial charge in [0.1, 0.15) is 0 Å². The number of nitrogens with zero attached hydrogens (tertiary/aromatic N) is 1. The van der Waals surface area contributed by atoms with Crippen molar-refractivity contribution >= 4 is 26.8 Å². The fraction of sp³-hybridized carbons (Fsp3) is 0. The fourth-order valence-electron chi connectivity index (χ4n) is 1.22. The van der Waals surface area contributed by atoms with Crippen molar-refractivity contribution in [1.29, 1.82) is 0 Å². The number of nitrogens with two attached hydrogens (primary N) is 1. The Balaban J connectivity index is 2.47. The standard InChI is InChI=1S/C9H9N3O2S/c10-15(13,14)9-6-5-7-3-1-2-4-8(7)11-12-9/h1-6,11H,(H2,10,13,14). The number of hydrogen-bond donors (Lipinski definition) is 2. The van der Waals surface area contributed by atoms with Gasteiger partial charge in [0, 0.05) is 0 Å². The highest BCUT2D eigenvalue weighted by atomic mass is 32.2. The van der Waals surface area contributed by atoms with Gasteiger partial charge in [-0.25, -0.2) is 13.6 Å². The second kappa shape index (κ2) is 3.48. The molecule has 1 heterocycles. The molecular weight excluding hydrogens is 214 g/mol. The third-order valence-electron chi connectivity index (χ3n) is 1.94. The first-order valence-corrected chi connectivity index (χ1v) is 5.75. The third-order valence-corrected chi connectivity index (χ3v) is 2.75. The molecule has 0 atom stereocenters. The minimum atomic E-state index is -3.77. The molecule has 6 heteroatoms. The van der Waals surface area contributed by atoms with Gasteiger partial charge in [0.2, 0.25) is 0 Å². The maximum atomic E-state index is 11.0. The van der Waals surface area contributed by atoms with Gasteiger partial charge in [-0.15, -0.1) is 0 Å². The zero-order chi connectivity index (χ0) is 10.9. The lowest BCUT2D eigenvalue weighted by molar-refractivity contribution is 0.609. The van der Waals surface area contributed by atoms with Crippen LogP contribution in [0.25, 0.3) is 6.08 Å². The van der Waals surface area contributed by atoms with Crippen molar-refractivity contribution in [3.63, 3.8) is 0 Å².